The monoisotopic (exact) mass is 254 g/mol. The van der Waals surface area contributed by atoms with Crippen LogP contribution in [0.15, 0.2) is 18.3 Å². The molecule has 1 aromatic rings. The van der Waals surface area contributed by atoms with Gasteiger partial charge in [0, 0.05) is 8.35 Å². The topological polar surface area (TPSA) is 51.2 Å². The maximum absolute atomic E-state index is 11.0. The maximum atomic E-state index is 11.0. The number of carbonyl (C=O) groups excluding carboxylic acids is 1. The fourth-order valence-electron chi connectivity index (χ4n) is 1.24. The fourth-order valence-corrected chi connectivity index (χ4v) is 1.24. The van der Waals surface area contributed by atoms with Crippen LogP contribution in [0.25, 0.3) is 0 Å². The van der Waals surface area contributed by atoms with Crippen molar-refractivity contribution in [1.82, 2.24) is 10.3 Å². The van der Waals surface area contributed by atoms with E-state index in [1.54, 1.807) is 18.3 Å². The van der Waals surface area contributed by atoms with Crippen LogP contribution >= 0.6 is 0 Å². The van der Waals surface area contributed by atoms with Crippen LogP contribution in [0.3, 0.4) is 0 Å². The number of carbonyl (C=O) groups is 1. The number of hydrogen-bond acceptors (Lipinski definition) is 4. The molecule has 0 radical (unpaired) electrons. The van der Waals surface area contributed by atoms with Crippen molar-refractivity contribution in [3.8, 4) is 5.75 Å². The average molecular weight is 254 g/mol. The number of Topliss-reactive ketones (excluding diaryl/α,β-unsaturated/α-hetero) is 1. The normalized spacial score (nSPS) is 9.33. The molecule has 1 heterocycles. The molecule has 4 heteroatoms. The van der Waals surface area contributed by atoms with Gasteiger partial charge in [0.1, 0.15) is 11.4 Å². The third-order valence-corrected chi connectivity index (χ3v) is 2.11. The predicted octanol–water partition coefficient (Wildman–Crippen LogP) is 2.93. The summed E-state index contributed by atoms with van der Waals surface area (Å²) in [6.45, 7) is 10.2. The Morgan fingerprint density at radius 1 is 1.44 bits per heavy atom. The van der Waals surface area contributed by atoms with Crippen LogP contribution in [0.4, 0.5) is 0 Å². The number of pyridine rings is 1. The maximum Gasteiger partial charge on any atom is 0.178 e. The molecule has 18 heavy (non-hydrogen) atoms. The molecule has 104 valence electrons. The van der Waals surface area contributed by atoms with E-state index in [0.29, 0.717) is 18.1 Å². The molecule has 0 spiro atoms. The summed E-state index contributed by atoms with van der Waals surface area (Å²) in [5.74, 6) is 0.681. The van der Waals surface area contributed by atoms with Gasteiger partial charge in [-0.1, -0.05) is 20.8 Å². The molecule has 1 aromatic heterocycles. The minimum atomic E-state index is -0.0290. The number of ketones is 1. The Morgan fingerprint density at radius 2 is 2.17 bits per heavy atom. The number of aromatic nitrogens is 1. The highest BCUT2D eigenvalue weighted by atomic mass is 16.5. The van der Waals surface area contributed by atoms with E-state index in [4.69, 9.17) is 4.74 Å². The Kier molecular flexibility index (Phi) is 9.87. The average Bonchev–Trinajstić information content (AvgIpc) is 2.41. The minimum Gasteiger partial charge on any atom is -0.492 e. The first-order valence-electron chi connectivity index (χ1n) is 6.54. The second-order valence-corrected chi connectivity index (χ2v) is 3.49. The zero-order chi connectivity index (χ0) is 13.8. The summed E-state index contributed by atoms with van der Waals surface area (Å²) in [4.78, 5) is 15.0. The lowest BCUT2D eigenvalue weighted by atomic mass is 10.3. The van der Waals surface area contributed by atoms with Gasteiger partial charge in [0.25, 0.3) is 0 Å². The molecule has 1 rings (SSSR count). The van der Waals surface area contributed by atoms with Crippen molar-refractivity contribution in [1.29, 1.82) is 0 Å². The first kappa shape index (κ1) is 16.6. The van der Waals surface area contributed by atoms with E-state index in [9.17, 15) is 4.79 Å². The van der Waals surface area contributed by atoms with E-state index in [0.717, 1.165) is 19.5 Å². The highest BCUT2D eigenvalue weighted by molar-refractivity contribution is 5.92. The molecule has 0 unspecified atom stereocenters. The van der Waals surface area contributed by atoms with Crippen molar-refractivity contribution >= 4 is 5.78 Å². The van der Waals surface area contributed by atoms with E-state index in [-0.39, 0.29) is 7.21 Å². The standard InChI is InChI=1S/C12H18N2O2.C2H6.H2/c1-3-13-7-4-8-16-11-5-6-12(10(2)15)14-9-11;1-2;/h5-6,9,13H,3-4,7-8H2,1-2H3;1-2H3;1H. The van der Waals surface area contributed by atoms with E-state index < -0.39 is 0 Å². The van der Waals surface area contributed by atoms with Crippen LogP contribution in [-0.4, -0.2) is 30.5 Å². The number of ether oxygens (including phenoxy) is 1. The van der Waals surface area contributed by atoms with Crippen LogP contribution in [0.5, 0.6) is 5.75 Å². The van der Waals surface area contributed by atoms with Crippen LogP contribution in [0.1, 0.15) is 46.0 Å². The van der Waals surface area contributed by atoms with Gasteiger partial charge in [0.05, 0.1) is 12.8 Å². The Bertz CT molecular complexity index is 329. The summed E-state index contributed by atoms with van der Waals surface area (Å²) in [7, 11) is 0. The van der Waals surface area contributed by atoms with Gasteiger partial charge in [0.15, 0.2) is 5.78 Å². The molecule has 0 aliphatic rings. The first-order chi connectivity index (χ1) is 8.74. The third kappa shape index (κ3) is 7.01. The lowest BCUT2D eigenvalue weighted by Gasteiger charge is -2.06. The van der Waals surface area contributed by atoms with Crippen LogP contribution in [-0.2, 0) is 0 Å². The summed E-state index contributed by atoms with van der Waals surface area (Å²) in [5.41, 5.74) is 0.472. The first-order valence-corrected chi connectivity index (χ1v) is 6.54. The van der Waals surface area contributed by atoms with Crippen molar-refractivity contribution in [2.75, 3.05) is 19.7 Å². The van der Waals surface area contributed by atoms with Crippen LogP contribution in [0, 0.1) is 0 Å². The molecule has 0 saturated carbocycles. The van der Waals surface area contributed by atoms with E-state index in [1.165, 1.54) is 6.92 Å². The predicted molar refractivity (Wildman–Crippen MR) is 76.4 cm³/mol. The van der Waals surface area contributed by atoms with Gasteiger partial charge in [-0.25, -0.2) is 4.98 Å². The quantitative estimate of drug-likeness (QED) is 0.600. The Labute approximate surface area is 111 Å². The lowest BCUT2D eigenvalue weighted by Crippen LogP contribution is -2.16. The largest absolute Gasteiger partial charge is 0.492 e. The summed E-state index contributed by atoms with van der Waals surface area (Å²) in [5, 5.41) is 3.22. The van der Waals surface area contributed by atoms with Crippen LogP contribution in [0.2, 0.25) is 0 Å². The summed E-state index contributed by atoms with van der Waals surface area (Å²) in [6, 6.07) is 3.46. The van der Waals surface area contributed by atoms with Crippen LogP contribution < -0.4 is 10.1 Å². The van der Waals surface area contributed by atoms with E-state index in [1.807, 2.05) is 13.8 Å². The number of hydrogen-bond donors (Lipinski definition) is 1. The van der Waals surface area contributed by atoms with Gasteiger partial charge in [-0.3, -0.25) is 4.79 Å². The van der Waals surface area contributed by atoms with Gasteiger partial charge < -0.3 is 10.1 Å². The van der Waals surface area contributed by atoms with Gasteiger partial charge in [-0.2, -0.15) is 0 Å². The SMILES string of the molecule is CC.CCNCCCOc1ccc(C(C)=O)nc1.[HH]. The van der Waals surface area contributed by atoms with Gasteiger partial charge in [-0.15, -0.1) is 0 Å². The molecule has 0 bridgehead atoms. The van der Waals surface area contributed by atoms with Gasteiger partial charge in [0.2, 0.25) is 0 Å². The summed E-state index contributed by atoms with van der Waals surface area (Å²) < 4.78 is 5.47. The number of nitrogens with one attached hydrogen (secondary N) is 1. The minimum absolute atomic E-state index is 0. The molecular weight excluding hydrogens is 228 g/mol. The van der Waals surface area contributed by atoms with Crippen molar-refractivity contribution in [2.45, 2.75) is 34.1 Å². The lowest BCUT2D eigenvalue weighted by molar-refractivity contribution is 0.101. The molecule has 0 atom stereocenters. The van der Waals surface area contributed by atoms with Gasteiger partial charge >= 0.3 is 0 Å². The Morgan fingerprint density at radius 3 is 2.67 bits per heavy atom. The van der Waals surface area contributed by atoms with Crippen molar-refractivity contribution in [2.24, 2.45) is 0 Å². The third-order valence-electron chi connectivity index (χ3n) is 2.11. The number of rotatable bonds is 7. The van der Waals surface area contributed by atoms with Gasteiger partial charge in [-0.05, 0) is 31.6 Å². The van der Waals surface area contributed by atoms with Crippen molar-refractivity contribution in [3.05, 3.63) is 24.0 Å². The molecule has 4 nitrogen and oxygen atoms in total. The highest BCUT2D eigenvalue weighted by Gasteiger charge is 2.00. The molecule has 1 N–H and O–H groups in total. The molecule has 0 fully saturated rings. The highest BCUT2D eigenvalue weighted by Crippen LogP contribution is 2.09. The molecule has 0 saturated heterocycles. The Balaban J connectivity index is 0. The van der Waals surface area contributed by atoms with E-state index >= 15 is 0 Å². The zero-order valence-corrected chi connectivity index (χ0v) is 11.8. The van der Waals surface area contributed by atoms with Crippen molar-refractivity contribution < 1.29 is 11.0 Å². The molecule has 0 amide bonds. The van der Waals surface area contributed by atoms with E-state index in [2.05, 4.69) is 17.2 Å². The summed E-state index contributed by atoms with van der Waals surface area (Å²) >= 11 is 0. The second-order valence-electron chi connectivity index (χ2n) is 3.49. The summed E-state index contributed by atoms with van der Waals surface area (Å²) in [6.07, 6.45) is 2.55. The fraction of sp³-hybridized carbons (Fsp3) is 0.571. The Hall–Kier alpha value is -1.42. The molecule has 0 aromatic carbocycles. The zero-order valence-electron chi connectivity index (χ0n) is 11.8. The molecular formula is C14H26N2O2. The smallest absolute Gasteiger partial charge is 0.178 e. The second kappa shape index (κ2) is 10.7. The molecule has 0 aliphatic carbocycles. The van der Waals surface area contributed by atoms with Crippen molar-refractivity contribution in [3.63, 3.8) is 0 Å². The molecule has 0 aliphatic heterocycles. The number of nitrogens with zero attached hydrogens (tertiary/aromatic N) is 1.